The fraction of sp³-hybridized carbons (Fsp3) is 0.417. The maximum Gasteiger partial charge on any atom is 0.101 e. The first-order valence-corrected chi connectivity index (χ1v) is 11.4. The number of nitrogens with one attached hydrogen (secondary N) is 2. The van der Waals surface area contributed by atoms with E-state index in [0.717, 1.165) is 42.9 Å². The van der Waals surface area contributed by atoms with Crippen LogP contribution in [-0.4, -0.2) is 57.7 Å². The minimum Gasteiger partial charge on any atom is -0.395 e. The molecule has 0 amide bonds. The number of benzene rings is 1. The highest BCUT2D eigenvalue weighted by atomic mass is 32.2. The summed E-state index contributed by atoms with van der Waals surface area (Å²) in [7, 11) is 0. The van der Waals surface area contributed by atoms with Gasteiger partial charge in [0.1, 0.15) is 6.07 Å². The standard InChI is InChI=1S/C23H26N4OS.CH3N/c1-22(16-28)13-20(25)27(11-12-29-22)15-23(8-9-23)19-6-4-17(5-7-19)21-18(14-24)3-2-10-26-21;1-2/h2-7,10,25,28H,8-9,11-13,15-16H2,1H3;2H,1H2. The Bertz CT molecular complexity index is 967. The normalized spacial score (nSPS) is 22.0. The first-order chi connectivity index (χ1) is 15.0. The van der Waals surface area contributed by atoms with Crippen molar-refractivity contribution in [2.75, 3.05) is 25.4 Å². The van der Waals surface area contributed by atoms with E-state index in [1.165, 1.54) is 5.56 Å². The summed E-state index contributed by atoms with van der Waals surface area (Å²) in [6, 6.07) is 14.2. The molecule has 2 heterocycles. The number of pyridine rings is 1. The second kappa shape index (κ2) is 9.63. The lowest BCUT2D eigenvalue weighted by molar-refractivity contribution is 0.257. The van der Waals surface area contributed by atoms with Crippen LogP contribution in [0.1, 0.15) is 37.3 Å². The Kier molecular flexibility index (Phi) is 7.14. The minimum absolute atomic E-state index is 0.109. The van der Waals surface area contributed by atoms with Gasteiger partial charge in [-0.2, -0.15) is 17.0 Å². The summed E-state index contributed by atoms with van der Waals surface area (Å²) in [6.07, 6.45) is 4.59. The molecule has 0 spiro atoms. The third-order valence-corrected chi connectivity index (χ3v) is 7.47. The Morgan fingerprint density at radius 1 is 1.26 bits per heavy atom. The molecule has 4 rings (SSSR count). The fourth-order valence-electron chi connectivity index (χ4n) is 4.09. The molecule has 1 saturated carbocycles. The summed E-state index contributed by atoms with van der Waals surface area (Å²) in [6.45, 7) is 6.38. The van der Waals surface area contributed by atoms with Gasteiger partial charge in [0.05, 0.1) is 23.7 Å². The molecular formula is C24H29N5OS. The highest BCUT2D eigenvalue weighted by molar-refractivity contribution is 8.00. The van der Waals surface area contributed by atoms with Crippen molar-refractivity contribution in [1.29, 1.82) is 16.1 Å². The van der Waals surface area contributed by atoms with Crippen molar-refractivity contribution in [1.82, 2.24) is 9.88 Å². The van der Waals surface area contributed by atoms with Crippen LogP contribution in [0.3, 0.4) is 0 Å². The molecule has 7 heteroatoms. The van der Waals surface area contributed by atoms with Gasteiger partial charge < -0.3 is 15.4 Å². The number of aromatic nitrogens is 1. The summed E-state index contributed by atoms with van der Waals surface area (Å²) in [5, 5.41) is 33.1. The maximum atomic E-state index is 9.70. The van der Waals surface area contributed by atoms with Gasteiger partial charge in [0.25, 0.3) is 0 Å². The zero-order valence-corrected chi connectivity index (χ0v) is 18.7. The molecule has 1 unspecified atom stereocenters. The molecule has 1 aromatic heterocycles. The van der Waals surface area contributed by atoms with Gasteiger partial charge in [-0.05, 0) is 44.2 Å². The van der Waals surface area contributed by atoms with Gasteiger partial charge >= 0.3 is 0 Å². The van der Waals surface area contributed by atoms with Crippen molar-refractivity contribution in [3.63, 3.8) is 0 Å². The molecule has 1 aliphatic heterocycles. The number of rotatable bonds is 5. The molecular weight excluding hydrogens is 406 g/mol. The molecule has 162 valence electrons. The molecule has 31 heavy (non-hydrogen) atoms. The third kappa shape index (κ3) is 4.97. The van der Waals surface area contributed by atoms with E-state index in [-0.39, 0.29) is 16.8 Å². The number of hydrogen-bond donors (Lipinski definition) is 3. The van der Waals surface area contributed by atoms with Crippen molar-refractivity contribution in [3.05, 3.63) is 53.7 Å². The van der Waals surface area contributed by atoms with E-state index in [1.54, 1.807) is 30.1 Å². The Hall–Kier alpha value is -2.69. The number of nitrogens with zero attached hydrogens (tertiary/aromatic N) is 3. The average molecular weight is 436 g/mol. The van der Waals surface area contributed by atoms with Crippen LogP contribution < -0.4 is 0 Å². The number of hydrogen-bond acceptors (Lipinski definition) is 6. The van der Waals surface area contributed by atoms with E-state index in [2.05, 4.69) is 53.9 Å². The molecule has 2 aliphatic rings. The predicted molar refractivity (Wildman–Crippen MR) is 127 cm³/mol. The molecule has 3 N–H and O–H groups in total. The van der Waals surface area contributed by atoms with Crippen molar-refractivity contribution in [3.8, 4) is 17.3 Å². The summed E-state index contributed by atoms with van der Waals surface area (Å²) >= 11 is 1.77. The molecule has 1 atom stereocenters. The molecule has 0 bridgehead atoms. The van der Waals surface area contributed by atoms with Crippen LogP contribution in [0, 0.1) is 22.1 Å². The predicted octanol–water partition coefficient (Wildman–Crippen LogP) is 4.08. The zero-order valence-electron chi connectivity index (χ0n) is 17.9. The van der Waals surface area contributed by atoms with Crippen LogP contribution in [0.4, 0.5) is 0 Å². The van der Waals surface area contributed by atoms with Gasteiger partial charge in [0, 0.05) is 47.2 Å². The average Bonchev–Trinajstić information content (AvgIpc) is 3.61. The van der Waals surface area contributed by atoms with Gasteiger partial charge in [0.2, 0.25) is 0 Å². The highest BCUT2D eigenvalue weighted by Gasteiger charge is 2.46. The summed E-state index contributed by atoms with van der Waals surface area (Å²) in [5.74, 6) is 1.58. The topological polar surface area (TPSA) is 108 Å². The van der Waals surface area contributed by atoms with Crippen LogP contribution in [0.5, 0.6) is 0 Å². The van der Waals surface area contributed by atoms with Crippen LogP contribution in [-0.2, 0) is 5.41 Å². The first kappa shape index (κ1) is 23.0. The lowest BCUT2D eigenvalue weighted by Crippen LogP contribution is -2.39. The van der Waals surface area contributed by atoms with Gasteiger partial charge in [-0.1, -0.05) is 24.3 Å². The number of amidine groups is 1. The Balaban J connectivity index is 0.00000132. The second-order valence-electron chi connectivity index (χ2n) is 8.37. The molecule has 1 aliphatic carbocycles. The second-order valence-corrected chi connectivity index (χ2v) is 10.1. The Morgan fingerprint density at radius 3 is 2.58 bits per heavy atom. The monoisotopic (exact) mass is 435 g/mol. The number of aliphatic hydroxyl groups excluding tert-OH is 1. The van der Waals surface area contributed by atoms with E-state index in [1.807, 2.05) is 0 Å². The van der Waals surface area contributed by atoms with Gasteiger partial charge in [0.15, 0.2) is 0 Å². The quantitative estimate of drug-likeness (QED) is 0.613. The fourth-order valence-corrected chi connectivity index (χ4v) is 5.23. The molecule has 1 saturated heterocycles. The molecule has 6 nitrogen and oxygen atoms in total. The summed E-state index contributed by atoms with van der Waals surface area (Å²) in [4.78, 5) is 6.59. The van der Waals surface area contributed by atoms with Crippen LogP contribution >= 0.6 is 11.8 Å². The van der Waals surface area contributed by atoms with E-state index >= 15 is 0 Å². The van der Waals surface area contributed by atoms with Gasteiger partial charge in [-0.15, -0.1) is 0 Å². The third-order valence-electron chi connectivity index (χ3n) is 6.12. The largest absolute Gasteiger partial charge is 0.395 e. The van der Waals surface area contributed by atoms with Gasteiger partial charge in [-0.25, -0.2) is 0 Å². The molecule has 2 fully saturated rings. The first-order valence-electron chi connectivity index (χ1n) is 10.4. The number of thioether (sulfide) groups is 1. The van der Waals surface area contributed by atoms with Crippen molar-refractivity contribution in [2.24, 2.45) is 0 Å². The van der Waals surface area contributed by atoms with E-state index in [9.17, 15) is 10.4 Å². The highest BCUT2D eigenvalue weighted by Crippen LogP contribution is 2.49. The smallest absolute Gasteiger partial charge is 0.101 e. The van der Waals surface area contributed by atoms with Crippen LogP contribution in [0.25, 0.3) is 11.3 Å². The van der Waals surface area contributed by atoms with Gasteiger partial charge in [-0.3, -0.25) is 10.4 Å². The molecule has 2 aromatic rings. The van der Waals surface area contributed by atoms with Crippen molar-refractivity contribution in [2.45, 2.75) is 36.3 Å². The zero-order chi connectivity index (χ0) is 22.5. The molecule has 1 aromatic carbocycles. The van der Waals surface area contributed by atoms with Crippen molar-refractivity contribution >= 4 is 24.3 Å². The SMILES string of the molecule is C=N.CC1(CO)CC(=N)N(CC2(c3ccc(-c4ncccc4C#N)cc3)CC2)CCS1. The number of aliphatic hydroxyl groups is 1. The van der Waals surface area contributed by atoms with E-state index in [0.29, 0.717) is 17.8 Å². The Morgan fingerprint density at radius 2 is 1.97 bits per heavy atom. The number of nitriles is 1. The molecule has 0 radical (unpaired) electrons. The Labute approximate surface area is 188 Å². The summed E-state index contributed by atoms with van der Waals surface area (Å²) < 4.78 is -0.245. The maximum absolute atomic E-state index is 9.70. The van der Waals surface area contributed by atoms with E-state index in [4.69, 9.17) is 10.8 Å². The summed E-state index contributed by atoms with van der Waals surface area (Å²) in [5.41, 5.74) is 3.67. The lowest BCUT2D eigenvalue weighted by Gasteiger charge is -2.30. The van der Waals surface area contributed by atoms with Crippen molar-refractivity contribution < 1.29 is 5.11 Å². The minimum atomic E-state index is -0.245. The van der Waals surface area contributed by atoms with Crippen LogP contribution in [0.2, 0.25) is 0 Å². The van der Waals surface area contributed by atoms with Crippen LogP contribution in [0.15, 0.2) is 42.6 Å². The lowest BCUT2D eigenvalue weighted by atomic mass is 9.93. The van der Waals surface area contributed by atoms with E-state index < -0.39 is 0 Å².